The number of carbonyl (C=O) groups is 1. The minimum Gasteiger partial charge on any atom is -0.325 e. The SMILES string of the molecule is CCN(CC(=O)Nc1cc(C)ccc1C)S(=O)(=O)c1ccc(Cl)cc1. The molecule has 2 rings (SSSR count). The average molecular weight is 381 g/mol. The Morgan fingerprint density at radius 3 is 2.36 bits per heavy atom. The van der Waals surface area contributed by atoms with Gasteiger partial charge in [0.2, 0.25) is 15.9 Å². The molecule has 1 N–H and O–H groups in total. The second-order valence-corrected chi connectivity index (χ2v) is 8.13. The molecule has 0 aliphatic rings. The first kappa shape index (κ1) is 19.4. The van der Waals surface area contributed by atoms with Gasteiger partial charge in [-0.2, -0.15) is 4.31 Å². The van der Waals surface area contributed by atoms with Crippen molar-refractivity contribution < 1.29 is 13.2 Å². The monoisotopic (exact) mass is 380 g/mol. The van der Waals surface area contributed by atoms with Crippen LogP contribution in [0.2, 0.25) is 5.02 Å². The van der Waals surface area contributed by atoms with Gasteiger partial charge in [-0.25, -0.2) is 8.42 Å². The molecule has 0 aromatic heterocycles. The van der Waals surface area contributed by atoms with E-state index in [1.165, 1.54) is 24.3 Å². The van der Waals surface area contributed by atoms with Gasteiger partial charge >= 0.3 is 0 Å². The smallest absolute Gasteiger partial charge is 0.243 e. The molecule has 0 saturated heterocycles. The summed E-state index contributed by atoms with van der Waals surface area (Å²) < 4.78 is 26.5. The zero-order chi connectivity index (χ0) is 18.6. The summed E-state index contributed by atoms with van der Waals surface area (Å²) in [6.07, 6.45) is 0. The Labute approximate surface area is 153 Å². The van der Waals surface area contributed by atoms with Crippen LogP contribution in [0.4, 0.5) is 5.69 Å². The largest absolute Gasteiger partial charge is 0.325 e. The van der Waals surface area contributed by atoms with E-state index in [0.717, 1.165) is 15.4 Å². The van der Waals surface area contributed by atoms with Gasteiger partial charge < -0.3 is 5.32 Å². The van der Waals surface area contributed by atoms with Crippen LogP contribution in [0.15, 0.2) is 47.4 Å². The lowest BCUT2D eigenvalue weighted by Gasteiger charge is -2.20. The standard InChI is InChI=1S/C18H21ClN2O3S/c1-4-21(25(23,24)16-9-7-15(19)8-10-16)12-18(22)20-17-11-13(2)5-6-14(17)3/h5-11H,4,12H2,1-3H3,(H,20,22). The molecule has 2 aromatic carbocycles. The molecular formula is C18H21ClN2O3S. The number of benzene rings is 2. The molecule has 2 aromatic rings. The van der Waals surface area contributed by atoms with Crippen molar-refractivity contribution in [2.75, 3.05) is 18.4 Å². The zero-order valence-corrected chi connectivity index (χ0v) is 16.0. The zero-order valence-electron chi connectivity index (χ0n) is 14.4. The third kappa shape index (κ3) is 4.81. The number of nitrogens with one attached hydrogen (secondary N) is 1. The summed E-state index contributed by atoms with van der Waals surface area (Å²) in [6, 6.07) is 11.6. The number of amides is 1. The first-order valence-electron chi connectivity index (χ1n) is 7.87. The lowest BCUT2D eigenvalue weighted by molar-refractivity contribution is -0.116. The summed E-state index contributed by atoms with van der Waals surface area (Å²) in [5.74, 6) is -0.381. The van der Waals surface area contributed by atoms with Gasteiger partial charge in [0.15, 0.2) is 0 Å². The fourth-order valence-electron chi connectivity index (χ4n) is 2.34. The van der Waals surface area contributed by atoms with E-state index in [1.54, 1.807) is 6.92 Å². The van der Waals surface area contributed by atoms with Crippen LogP contribution < -0.4 is 5.32 Å². The third-order valence-electron chi connectivity index (χ3n) is 3.79. The molecule has 5 nitrogen and oxygen atoms in total. The summed E-state index contributed by atoms with van der Waals surface area (Å²) in [5, 5.41) is 3.24. The van der Waals surface area contributed by atoms with Crippen LogP contribution in [-0.2, 0) is 14.8 Å². The Hall–Kier alpha value is -1.89. The molecule has 0 aliphatic heterocycles. The highest BCUT2D eigenvalue weighted by molar-refractivity contribution is 7.89. The molecule has 0 aliphatic carbocycles. The number of rotatable bonds is 6. The van der Waals surface area contributed by atoms with Gasteiger partial charge in [0.05, 0.1) is 11.4 Å². The average Bonchev–Trinajstić information content (AvgIpc) is 2.56. The van der Waals surface area contributed by atoms with Crippen molar-refractivity contribution in [2.24, 2.45) is 0 Å². The van der Waals surface area contributed by atoms with Crippen molar-refractivity contribution in [1.29, 1.82) is 0 Å². The Kier molecular flexibility index (Phi) is 6.21. The number of aryl methyl sites for hydroxylation is 2. The highest BCUT2D eigenvalue weighted by atomic mass is 35.5. The normalized spacial score (nSPS) is 11.6. The number of anilines is 1. The number of nitrogens with zero attached hydrogens (tertiary/aromatic N) is 1. The van der Waals surface area contributed by atoms with Crippen molar-refractivity contribution in [3.05, 3.63) is 58.6 Å². The van der Waals surface area contributed by atoms with Crippen LogP contribution >= 0.6 is 11.6 Å². The maximum atomic E-state index is 12.7. The Balaban J connectivity index is 2.16. The van der Waals surface area contributed by atoms with Gasteiger partial charge in [-0.3, -0.25) is 4.79 Å². The van der Waals surface area contributed by atoms with Crippen molar-refractivity contribution in [3.63, 3.8) is 0 Å². The highest BCUT2D eigenvalue weighted by Crippen LogP contribution is 2.19. The summed E-state index contributed by atoms with van der Waals surface area (Å²) in [7, 11) is -3.76. The van der Waals surface area contributed by atoms with Crippen molar-refractivity contribution in [3.8, 4) is 0 Å². The van der Waals surface area contributed by atoms with E-state index in [9.17, 15) is 13.2 Å². The topological polar surface area (TPSA) is 66.5 Å². The second kappa shape index (κ2) is 7.99. The molecule has 0 spiro atoms. The number of halogens is 1. The summed E-state index contributed by atoms with van der Waals surface area (Å²) in [4.78, 5) is 12.4. The number of hydrogen-bond donors (Lipinski definition) is 1. The summed E-state index contributed by atoms with van der Waals surface area (Å²) >= 11 is 5.80. The fraction of sp³-hybridized carbons (Fsp3) is 0.278. The lowest BCUT2D eigenvalue weighted by Crippen LogP contribution is -2.37. The molecule has 7 heteroatoms. The predicted molar refractivity (Wildman–Crippen MR) is 100 cm³/mol. The Morgan fingerprint density at radius 1 is 1.12 bits per heavy atom. The molecular weight excluding hydrogens is 360 g/mol. The van der Waals surface area contributed by atoms with Crippen LogP contribution in [0.25, 0.3) is 0 Å². The van der Waals surface area contributed by atoms with Gasteiger partial charge in [0, 0.05) is 17.3 Å². The van der Waals surface area contributed by atoms with Crippen LogP contribution in [0.3, 0.4) is 0 Å². The molecule has 134 valence electrons. The number of sulfonamides is 1. The van der Waals surface area contributed by atoms with E-state index in [4.69, 9.17) is 11.6 Å². The summed E-state index contributed by atoms with van der Waals surface area (Å²) in [6.45, 7) is 5.44. The second-order valence-electron chi connectivity index (χ2n) is 5.75. The first-order chi connectivity index (χ1) is 11.7. The molecule has 0 heterocycles. The van der Waals surface area contributed by atoms with E-state index < -0.39 is 10.0 Å². The van der Waals surface area contributed by atoms with Crippen molar-refractivity contribution in [2.45, 2.75) is 25.7 Å². The van der Waals surface area contributed by atoms with Gasteiger partial charge in [0.25, 0.3) is 0 Å². The molecule has 0 fully saturated rings. The van der Waals surface area contributed by atoms with Crippen LogP contribution in [-0.4, -0.2) is 31.7 Å². The number of hydrogen-bond acceptors (Lipinski definition) is 3. The molecule has 0 unspecified atom stereocenters. The van der Waals surface area contributed by atoms with E-state index in [0.29, 0.717) is 10.7 Å². The first-order valence-corrected chi connectivity index (χ1v) is 9.68. The number of carbonyl (C=O) groups excluding carboxylic acids is 1. The molecule has 25 heavy (non-hydrogen) atoms. The van der Waals surface area contributed by atoms with E-state index in [-0.39, 0.29) is 23.9 Å². The van der Waals surface area contributed by atoms with Gasteiger partial charge in [-0.1, -0.05) is 30.7 Å². The predicted octanol–water partition coefficient (Wildman–Crippen LogP) is 3.61. The Morgan fingerprint density at radius 2 is 1.76 bits per heavy atom. The minimum absolute atomic E-state index is 0.110. The molecule has 0 bridgehead atoms. The maximum Gasteiger partial charge on any atom is 0.243 e. The Bertz CT molecular complexity index is 864. The number of likely N-dealkylation sites (N-methyl/N-ethyl adjacent to an activating group) is 1. The van der Waals surface area contributed by atoms with Crippen LogP contribution in [0, 0.1) is 13.8 Å². The molecule has 0 atom stereocenters. The highest BCUT2D eigenvalue weighted by Gasteiger charge is 2.25. The van der Waals surface area contributed by atoms with Crippen LogP contribution in [0.5, 0.6) is 0 Å². The van der Waals surface area contributed by atoms with E-state index in [2.05, 4.69) is 5.32 Å². The summed E-state index contributed by atoms with van der Waals surface area (Å²) in [5.41, 5.74) is 2.62. The van der Waals surface area contributed by atoms with E-state index >= 15 is 0 Å². The fourth-order valence-corrected chi connectivity index (χ4v) is 3.87. The molecule has 1 amide bonds. The van der Waals surface area contributed by atoms with Crippen LogP contribution in [0.1, 0.15) is 18.1 Å². The molecule has 0 radical (unpaired) electrons. The van der Waals surface area contributed by atoms with E-state index in [1.807, 2.05) is 32.0 Å². The lowest BCUT2D eigenvalue weighted by atomic mass is 10.1. The third-order valence-corrected chi connectivity index (χ3v) is 5.98. The maximum absolute atomic E-state index is 12.7. The van der Waals surface area contributed by atoms with Gasteiger partial charge in [-0.05, 0) is 55.3 Å². The van der Waals surface area contributed by atoms with Gasteiger partial charge in [-0.15, -0.1) is 0 Å². The van der Waals surface area contributed by atoms with Gasteiger partial charge in [0.1, 0.15) is 0 Å². The minimum atomic E-state index is -3.76. The quantitative estimate of drug-likeness (QED) is 0.832. The van der Waals surface area contributed by atoms with Crippen molar-refractivity contribution >= 4 is 33.2 Å². The van der Waals surface area contributed by atoms with Crippen molar-refractivity contribution in [1.82, 2.24) is 4.31 Å². The molecule has 0 saturated carbocycles.